The van der Waals surface area contributed by atoms with E-state index in [1.807, 2.05) is 6.92 Å². The maximum absolute atomic E-state index is 12.4. The fourth-order valence-corrected chi connectivity index (χ4v) is 2.27. The van der Waals surface area contributed by atoms with E-state index < -0.39 is 0 Å². The third kappa shape index (κ3) is 1.76. The lowest BCUT2D eigenvalue weighted by atomic mass is 10.2. The van der Waals surface area contributed by atoms with E-state index >= 15 is 0 Å². The summed E-state index contributed by atoms with van der Waals surface area (Å²) in [5.41, 5.74) is 1.65. The summed E-state index contributed by atoms with van der Waals surface area (Å²) in [7, 11) is 1.74. The second-order valence-corrected chi connectivity index (χ2v) is 4.71. The average Bonchev–Trinajstić information content (AvgIpc) is 2.81. The third-order valence-corrected chi connectivity index (χ3v) is 3.37. The van der Waals surface area contributed by atoms with Crippen molar-refractivity contribution in [1.82, 2.24) is 19.0 Å². The lowest BCUT2D eigenvalue weighted by Gasteiger charge is -2.26. The molecule has 0 saturated heterocycles. The van der Waals surface area contributed by atoms with Crippen LogP contribution in [0.1, 0.15) is 16.2 Å². The molecule has 1 aliphatic heterocycles. The standard InChI is InChI=1S/C13H14N4O2/c1-9-7-16(8-14-9)10-3-4-11-12(18)15(2)5-6-17(11)13(10)19/h3-4,7-8H,5-6H2,1-2H3. The number of pyridine rings is 1. The summed E-state index contributed by atoms with van der Waals surface area (Å²) >= 11 is 0. The van der Waals surface area contributed by atoms with Crippen molar-refractivity contribution >= 4 is 5.91 Å². The summed E-state index contributed by atoms with van der Waals surface area (Å²) in [6, 6.07) is 3.37. The zero-order valence-corrected chi connectivity index (χ0v) is 10.8. The molecule has 1 aliphatic rings. The zero-order chi connectivity index (χ0) is 13.6. The first-order valence-corrected chi connectivity index (χ1v) is 6.08. The Balaban J connectivity index is 2.17. The maximum Gasteiger partial charge on any atom is 0.275 e. The van der Waals surface area contributed by atoms with E-state index in [0.29, 0.717) is 24.5 Å². The number of rotatable bonds is 1. The van der Waals surface area contributed by atoms with Crippen molar-refractivity contribution in [2.75, 3.05) is 13.6 Å². The predicted molar refractivity (Wildman–Crippen MR) is 69.5 cm³/mol. The van der Waals surface area contributed by atoms with Crippen molar-refractivity contribution in [2.45, 2.75) is 13.5 Å². The number of hydrogen-bond acceptors (Lipinski definition) is 3. The molecule has 0 saturated carbocycles. The van der Waals surface area contributed by atoms with E-state index in [9.17, 15) is 9.59 Å². The van der Waals surface area contributed by atoms with Gasteiger partial charge in [0.05, 0.1) is 12.0 Å². The maximum atomic E-state index is 12.4. The number of hydrogen-bond donors (Lipinski definition) is 0. The second kappa shape index (κ2) is 4.08. The van der Waals surface area contributed by atoms with E-state index in [2.05, 4.69) is 4.98 Å². The largest absolute Gasteiger partial charge is 0.339 e. The number of aryl methyl sites for hydroxylation is 1. The summed E-state index contributed by atoms with van der Waals surface area (Å²) in [5, 5.41) is 0. The molecule has 0 aromatic carbocycles. The van der Waals surface area contributed by atoms with Crippen LogP contribution in [-0.2, 0) is 6.54 Å². The minimum Gasteiger partial charge on any atom is -0.339 e. The Morgan fingerprint density at radius 2 is 2.00 bits per heavy atom. The molecule has 98 valence electrons. The number of fused-ring (bicyclic) bond motifs is 1. The van der Waals surface area contributed by atoms with Crippen LogP contribution in [-0.4, -0.2) is 38.5 Å². The van der Waals surface area contributed by atoms with Crippen molar-refractivity contribution in [3.05, 3.63) is 46.4 Å². The smallest absolute Gasteiger partial charge is 0.275 e. The van der Waals surface area contributed by atoms with Crippen LogP contribution in [0.2, 0.25) is 0 Å². The summed E-state index contributed by atoms with van der Waals surface area (Å²) < 4.78 is 3.22. The lowest BCUT2D eigenvalue weighted by Crippen LogP contribution is -2.42. The van der Waals surface area contributed by atoms with Crippen LogP contribution < -0.4 is 5.56 Å². The van der Waals surface area contributed by atoms with E-state index in [4.69, 9.17) is 0 Å². The monoisotopic (exact) mass is 258 g/mol. The quantitative estimate of drug-likeness (QED) is 0.745. The number of amides is 1. The molecule has 0 fully saturated rings. The average molecular weight is 258 g/mol. The van der Waals surface area contributed by atoms with Crippen LogP contribution >= 0.6 is 0 Å². The third-order valence-electron chi connectivity index (χ3n) is 3.37. The normalized spacial score (nSPS) is 14.6. The number of carbonyl (C=O) groups excluding carboxylic acids is 1. The van der Waals surface area contributed by atoms with E-state index in [1.165, 1.54) is 4.57 Å². The Kier molecular flexibility index (Phi) is 2.51. The fourth-order valence-electron chi connectivity index (χ4n) is 2.27. The van der Waals surface area contributed by atoms with Gasteiger partial charge in [0.15, 0.2) is 0 Å². The molecule has 19 heavy (non-hydrogen) atoms. The highest BCUT2D eigenvalue weighted by Crippen LogP contribution is 2.11. The van der Waals surface area contributed by atoms with Crippen molar-refractivity contribution in [2.24, 2.45) is 0 Å². The van der Waals surface area contributed by atoms with Crippen molar-refractivity contribution in [3.63, 3.8) is 0 Å². The molecule has 3 rings (SSSR count). The highest BCUT2D eigenvalue weighted by molar-refractivity contribution is 5.93. The van der Waals surface area contributed by atoms with Gasteiger partial charge < -0.3 is 14.0 Å². The van der Waals surface area contributed by atoms with Gasteiger partial charge in [0.1, 0.15) is 11.4 Å². The van der Waals surface area contributed by atoms with Gasteiger partial charge in [-0.1, -0.05) is 0 Å². The molecule has 2 aromatic rings. The highest BCUT2D eigenvalue weighted by atomic mass is 16.2. The molecule has 0 bridgehead atoms. The Morgan fingerprint density at radius 1 is 1.21 bits per heavy atom. The van der Waals surface area contributed by atoms with Crippen molar-refractivity contribution in [1.29, 1.82) is 0 Å². The number of likely N-dealkylation sites (N-methyl/N-ethyl adjacent to an activating group) is 1. The number of imidazole rings is 1. The Hall–Kier alpha value is -2.37. The van der Waals surface area contributed by atoms with E-state index in [0.717, 1.165) is 5.69 Å². The van der Waals surface area contributed by atoms with Gasteiger partial charge in [0.25, 0.3) is 11.5 Å². The molecule has 0 atom stereocenters. The Morgan fingerprint density at radius 3 is 2.68 bits per heavy atom. The zero-order valence-electron chi connectivity index (χ0n) is 10.8. The fraction of sp³-hybridized carbons (Fsp3) is 0.308. The van der Waals surface area contributed by atoms with Crippen LogP contribution in [0.3, 0.4) is 0 Å². The number of aromatic nitrogens is 3. The van der Waals surface area contributed by atoms with Gasteiger partial charge in [-0.2, -0.15) is 0 Å². The summed E-state index contributed by atoms with van der Waals surface area (Å²) in [6.45, 7) is 2.95. The molecule has 1 amide bonds. The Labute approximate surface area is 109 Å². The molecule has 3 heterocycles. The van der Waals surface area contributed by atoms with Crippen LogP contribution in [0.4, 0.5) is 0 Å². The topological polar surface area (TPSA) is 60.1 Å². The lowest BCUT2D eigenvalue weighted by molar-refractivity contribution is 0.0745. The van der Waals surface area contributed by atoms with Crippen LogP contribution in [0.15, 0.2) is 29.5 Å². The van der Waals surface area contributed by atoms with Gasteiger partial charge in [-0.3, -0.25) is 9.59 Å². The van der Waals surface area contributed by atoms with Crippen molar-refractivity contribution < 1.29 is 4.79 Å². The first-order valence-electron chi connectivity index (χ1n) is 6.08. The molecular formula is C13H14N4O2. The molecule has 0 N–H and O–H groups in total. The van der Waals surface area contributed by atoms with Gasteiger partial charge in [-0.15, -0.1) is 0 Å². The first-order chi connectivity index (χ1) is 9.08. The minimum absolute atomic E-state index is 0.114. The Bertz CT molecular complexity index is 714. The van der Waals surface area contributed by atoms with Gasteiger partial charge in [-0.05, 0) is 19.1 Å². The molecular weight excluding hydrogens is 244 g/mol. The number of nitrogens with zero attached hydrogens (tertiary/aromatic N) is 4. The first kappa shape index (κ1) is 11.7. The molecule has 0 unspecified atom stereocenters. The van der Waals surface area contributed by atoms with E-state index in [-0.39, 0.29) is 11.5 Å². The highest BCUT2D eigenvalue weighted by Gasteiger charge is 2.23. The molecule has 2 aromatic heterocycles. The molecule has 0 spiro atoms. The van der Waals surface area contributed by atoms with Gasteiger partial charge in [-0.25, -0.2) is 4.98 Å². The van der Waals surface area contributed by atoms with Gasteiger partial charge in [0.2, 0.25) is 0 Å². The summed E-state index contributed by atoms with van der Waals surface area (Å²) in [5.74, 6) is -0.114. The summed E-state index contributed by atoms with van der Waals surface area (Å²) in [6.07, 6.45) is 3.40. The SMILES string of the molecule is Cc1cn(-c2ccc3n(c2=O)CCN(C)C3=O)cn1. The number of carbonyl (C=O) groups is 1. The van der Waals surface area contributed by atoms with Gasteiger partial charge in [0, 0.05) is 26.3 Å². The van der Waals surface area contributed by atoms with Crippen LogP contribution in [0.25, 0.3) is 5.69 Å². The van der Waals surface area contributed by atoms with Crippen LogP contribution in [0, 0.1) is 6.92 Å². The molecule has 0 aliphatic carbocycles. The van der Waals surface area contributed by atoms with Crippen LogP contribution in [0.5, 0.6) is 0 Å². The second-order valence-electron chi connectivity index (χ2n) is 4.71. The molecule has 6 heteroatoms. The van der Waals surface area contributed by atoms with Crippen molar-refractivity contribution in [3.8, 4) is 5.69 Å². The van der Waals surface area contributed by atoms with Gasteiger partial charge >= 0.3 is 0 Å². The van der Waals surface area contributed by atoms with E-state index in [1.54, 1.807) is 41.2 Å². The molecule has 0 radical (unpaired) electrons. The molecule has 6 nitrogen and oxygen atoms in total. The summed E-state index contributed by atoms with van der Waals surface area (Å²) in [4.78, 5) is 30.1. The predicted octanol–water partition coefficient (Wildman–Crippen LogP) is 0.428. The minimum atomic E-state index is -0.156.